The van der Waals surface area contributed by atoms with E-state index in [1.165, 1.54) is 12.1 Å². The highest BCUT2D eigenvalue weighted by atomic mass is 19.4. The summed E-state index contributed by atoms with van der Waals surface area (Å²) in [7, 11) is 0. The van der Waals surface area contributed by atoms with Crippen molar-refractivity contribution in [2.24, 2.45) is 5.92 Å². The number of carbonyl (C=O) groups excluding carboxylic acids is 2. The van der Waals surface area contributed by atoms with Crippen molar-refractivity contribution in [3.8, 4) is 5.69 Å². The van der Waals surface area contributed by atoms with Crippen molar-refractivity contribution in [1.82, 2.24) is 19.6 Å². The molecule has 1 saturated heterocycles. The van der Waals surface area contributed by atoms with Crippen LogP contribution >= 0.6 is 0 Å². The number of fused-ring (bicyclic) bond motifs is 1. The molecular formula is C25H23F3N4O2. The van der Waals surface area contributed by atoms with Gasteiger partial charge < -0.3 is 9.80 Å². The molecule has 2 aliphatic heterocycles. The van der Waals surface area contributed by atoms with Gasteiger partial charge in [-0.1, -0.05) is 18.2 Å². The summed E-state index contributed by atoms with van der Waals surface area (Å²) in [5.41, 5.74) is 2.58. The molecule has 176 valence electrons. The molecule has 2 amide bonds. The number of amides is 2. The highest BCUT2D eigenvalue weighted by Crippen LogP contribution is 2.38. The van der Waals surface area contributed by atoms with Crippen LogP contribution in [0.1, 0.15) is 50.6 Å². The molecule has 2 aromatic carbocycles. The van der Waals surface area contributed by atoms with Gasteiger partial charge >= 0.3 is 6.18 Å². The topological polar surface area (TPSA) is 58.4 Å². The zero-order valence-corrected chi connectivity index (χ0v) is 18.7. The number of benzene rings is 2. The summed E-state index contributed by atoms with van der Waals surface area (Å²) in [6.45, 7) is 5.30. The molecule has 3 heterocycles. The molecule has 0 saturated carbocycles. The van der Waals surface area contributed by atoms with Crippen molar-refractivity contribution in [3.63, 3.8) is 0 Å². The quantitative estimate of drug-likeness (QED) is 0.567. The van der Waals surface area contributed by atoms with Crippen LogP contribution in [0.5, 0.6) is 0 Å². The van der Waals surface area contributed by atoms with Gasteiger partial charge in [-0.25, -0.2) is 4.68 Å². The molecule has 5 rings (SSSR count). The van der Waals surface area contributed by atoms with Crippen LogP contribution in [-0.4, -0.2) is 51.0 Å². The molecule has 0 bridgehead atoms. The van der Waals surface area contributed by atoms with Crippen molar-refractivity contribution in [2.45, 2.75) is 26.1 Å². The largest absolute Gasteiger partial charge is 0.416 e. The predicted molar refractivity (Wildman–Crippen MR) is 119 cm³/mol. The lowest BCUT2D eigenvalue weighted by Gasteiger charge is -2.41. The highest BCUT2D eigenvalue weighted by molar-refractivity contribution is 5.98. The van der Waals surface area contributed by atoms with E-state index in [9.17, 15) is 22.8 Å². The van der Waals surface area contributed by atoms with Gasteiger partial charge in [-0.05, 0) is 50.2 Å². The van der Waals surface area contributed by atoms with Crippen LogP contribution in [0.15, 0.2) is 54.6 Å². The van der Waals surface area contributed by atoms with E-state index in [0.29, 0.717) is 25.3 Å². The minimum absolute atomic E-state index is 0.0838. The Morgan fingerprint density at radius 2 is 1.71 bits per heavy atom. The van der Waals surface area contributed by atoms with E-state index in [1.807, 2.05) is 49.1 Å². The zero-order valence-electron chi connectivity index (χ0n) is 18.7. The number of aromatic nitrogens is 2. The summed E-state index contributed by atoms with van der Waals surface area (Å²) < 4.78 is 40.0. The van der Waals surface area contributed by atoms with Gasteiger partial charge in [0.1, 0.15) is 5.69 Å². The molecule has 9 heteroatoms. The molecule has 1 unspecified atom stereocenters. The maximum absolute atomic E-state index is 13.3. The minimum atomic E-state index is -4.43. The average Bonchev–Trinajstić information content (AvgIpc) is 3.26. The first-order valence-corrected chi connectivity index (χ1v) is 11.1. The molecule has 0 aliphatic carbocycles. The van der Waals surface area contributed by atoms with Crippen LogP contribution in [-0.2, 0) is 6.18 Å². The first-order valence-electron chi connectivity index (χ1n) is 11.1. The molecule has 3 aromatic rings. The maximum atomic E-state index is 13.3. The van der Waals surface area contributed by atoms with Gasteiger partial charge in [0.2, 0.25) is 0 Å². The smallest absolute Gasteiger partial charge is 0.338 e. The van der Waals surface area contributed by atoms with Gasteiger partial charge in [-0.15, -0.1) is 0 Å². The summed E-state index contributed by atoms with van der Waals surface area (Å²) in [4.78, 5) is 29.4. The van der Waals surface area contributed by atoms with E-state index in [1.54, 1.807) is 9.58 Å². The van der Waals surface area contributed by atoms with Crippen molar-refractivity contribution >= 4 is 11.8 Å². The summed E-state index contributed by atoms with van der Waals surface area (Å²) in [5.74, 6) is -0.281. The molecule has 0 spiro atoms. The molecular weight excluding hydrogens is 445 g/mol. The Hall–Kier alpha value is -3.62. The normalized spacial score (nSPS) is 18.3. The summed E-state index contributed by atoms with van der Waals surface area (Å²) in [6, 6.07) is 13.7. The summed E-state index contributed by atoms with van der Waals surface area (Å²) in [6.07, 6.45) is -4.43. The lowest BCUT2D eigenvalue weighted by atomic mass is 9.97. The summed E-state index contributed by atoms with van der Waals surface area (Å²) >= 11 is 0. The first-order chi connectivity index (χ1) is 16.1. The van der Waals surface area contributed by atoms with Crippen LogP contribution in [0.3, 0.4) is 0 Å². The van der Waals surface area contributed by atoms with Gasteiger partial charge in [0, 0.05) is 36.7 Å². The van der Waals surface area contributed by atoms with Gasteiger partial charge in [0.25, 0.3) is 11.8 Å². The Balaban J connectivity index is 1.25. The fourth-order valence-electron chi connectivity index (χ4n) is 4.82. The minimum Gasteiger partial charge on any atom is -0.338 e. The van der Waals surface area contributed by atoms with Crippen LogP contribution < -0.4 is 0 Å². The molecule has 2 aliphatic rings. The number of nitrogens with zero attached hydrogens (tertiary/aromatic N) is 4. The Morgan fingerprint density at radius 3 is 2.32 bits per heavy atom. The van der Waals surface area contributed by atoms with E-state index in [-0.39, 0.29) is 29.3 Å². The number of rotatable bonds is 4. The number of halogens is 3. The Labute approximate surface area is 194 Å². The van der Waals surface area contributed by atoms with Crippen molar-refractivity contribution in [3.05, 3.63) is 82.7 Å². The molecule has 34 heavy (non-hydrogen) atoms. The van der Waals surface area contributed by atoms with Crippen LogP contribution in [0.4, 0.5) is 13.2 Å². The second kappa shape index (κ2) is 8.00. The fourth-order valence-corrected chi connectivity index (χ4v) is 4.82. The number of aryl methyl sites for hydroxylation is 1. The van der Waals surface area contributed by atoms with Crippen LogP contribution in [0.2, 0.25) is 0 Å². The van der Waals surface area contributed by atoms with Crippen molar-refractivity contribution < 1.29 is 22.8 Å². The molecule has 1 fully saturated rings. The molecule has 0 radical (unpaired) electrons. The Bertz CT molecular complexity index is 1250. The Morgan fingerprint density at radius 1 is 1.06 bits per heavy atom. The van der Waals surface area contributed by atoms with Gasteiger partial charge in [-0.3, -0.25) is 9.59 Å². The van der Waals surface area contributed by atoms with E-state index < -0.39 is 11.7 Å². The van der Waals surface area contributed by atoms with E-state index in [2.05, 4.69) is 5.10 Å². The average molecular weight is 468 g/mol. The van der Waals surface area contributed by atoms with Gasteiger partial charge in [0.05, 0.1) is 23.0 Å². The third kappa shape index (κ3) is 3.65. The van der Waals surface area contributed by atoms with Gasteiger partial charge in [0.15, 0.2) is 0 Å². The number of alkyl halides is 3. The third-order valence-electron chi connectivity index (χ3n) is 6.61. The number of para-hydroxylation sites is 1. The first kappa shape index (κ1) is 22.2. The van der Waals surface area contributed by atoms with Crippen molar-refractivity contribution in [2.75, 3.05) is 19.6 Å². The number of carbonyl (C=O) groups is 2. The van der Waals surface area contributed by atoms with E-state index in [4.69, 9.17) is 0 Å². The highest BCUT2D eigenvalue weighted by Gasteiger charge is 2.43. The number of likely N-dealkylation sites (tertiary alicyclic amines) is 1. The molecule has 0 N–H and O–H groups in total. The molecule has 1 atom stereocenters. The zero-order chi connectivity index (χ0) is 24.2. The second-order valence-corrected chi connectivity index (χ2v) is 8.88. The fraction of sp³-hybridized carbons (Fsp3) is 0.320. The Kier molecular flexibility index (Phi) is 5.22. The number of hydrogen-bond donors (Lipinski definition) is 0. The number of hydrogen-bond acceptors (Lipinski definition) is 3. The molecule has 6 nitrogen and oxygen atoms in total. The summed E-state index contributed by atoms with van der Waals surface area (Å²) in [5, 5.41) is 4.59. The second-order valence-electron chi connectivity index (χ2n) is 8.88. The van der Waals surface area contributed by atoms with Crippen LogP contribution in [0.25, 0.3) is 5.69 Å². The van der Waals surface area contributed by atoms with Crippen LogP contribution in [0, 0.1) is 12.8 Å². The maximum Gasteiger partial charge on any atom is 0.416 e. The third-order valence-corrected chi connectivity index (χ3v) is 6.61. The molecule has 1 aromatic heterocycles. The lowest BCUT2D eigenvalue weighted by molar-refractivity contribution is -0.137. The van der Waals surface area contributed by atoms with E-state index in [0.717, 1.165) is 29.1 Å². The monoisotopic (exact) mass is 468 g/mol. The standard InChI is InChI=1S/C25H23F3N4O2/c1-15-21-16(2)31(24(34)22(21)32(29-15)20-6-4-3-5-7-20)14-17-12-30(13-17)23(33)18-8-10-19(11-9-18)25(26,27)28/h3-11,16-17H,12-14H2,1-2H3. The lowest BCUT2D eigenvalue weighted by Crippen LogP contribution is -2.54. The van der Waals surface area contributed by atoms with Crippen molar-refractivity contribution in [1.29, 1.82) is 0 Å². The predicted octanol–water partition coefficient (Wildman–Crippen LogP) is 4.49. The SMILES string of the molecule is Cc1nn(-c2ccccc2)c2c1C(C)N(CC1CN(C(=O)c3ccc(C(F)(F)F)cc3)C1)C2=O. The van der Waals surface area contributed by atoms with Gasteiger partial charge in [-0.2, -0.15) is 18.3 Å². The van der Waals surface area contributed by atoms with E-state index >= 15 is 0 Å².